The molecular formula is C14H21N5O3. The molecule has 1 aromatic heterocycles. The lowest BCUT2D eigenvalue weighted by Gasteiger charge is -2.45. The van der Waals surface area contributed by atoms with Gasteiger partial charge in [-0.2, -0.15) is 4.68 Å². The highest BCUT2D eigenvalue weighted by atomic mass is 16.6. The van der Waals surface area contributed by atoms with E-state index < -0.39 is 4.92 Å². The van der Waals surface area contributed by atoms with Gasteiger partial charge in [0.25, 0.3) is 0 Å². The Hall–Kier alpha value is -1.96. The summed E-state index contributed by atoms with van der Waals surface area (Å²) in [5, 5.41) is 17.5. The Kier molecular flexibility index (Phi) is 4.10. The van der Waals surface area contributed by atoms with Gasteiger partial charge in [0.05, 0.1) is 17.4 Å². The molecule has 0 aliphatic heterocycles. The fraction of sp³-hybridized carbons (Fsp3) is 0.714. The first-order valence-corrected chi connectivity index (χ1v) is 7.75. The summed E-state index contributed by atoms with van der Waals surface area (Å²) in [7, 11) is 0. The number of nitro groups is 1. The van der Waals surface area contributed by atoms with Gasteiger partial charge in [-0.15, -0.1) is 0 Å². The minimum Gasteiger partial charge on any atom is -0.358 e. The van der Waals surface area contributed by atoms with Gasteiger partial charge in [0.1, 0.15) is 6.54 Å². The number of nitrogens with zero attached hydrogens (tertiary/aromatic N) is 3. The second-order valence-corrected chi connectivity index (χ2v) is 6.40. The molecule has 1 aromatic rings. The fourth-order valence-electron chi connectivity index (χ4n) is 3.94. The summed E-state index contributed by atoms with van der Waals surface area (Å²) in [4.78, 5) is 22.2. The van der Waals surface area contributed by atoms with Crippen molar-refractivity contribution in [2.45, 2.75) is 50.7 Å². The average Bonchev–Trinajstić information content (AvgIpc) is 2.88. The van der Waals surface area contributed by atoms with Crippen LogP contribution in [0.5, 0.6) is 0 Å². The summed E-state index contributed by atoms with van der Waals surface area (Å²) in [5.74, 6) is 0.528. The van der Waals surface area contributed by atoms with E-state index in [1.165, 1.54) is 23.4 Å². The Morgan fingerprint density at radius 3 is 2.73 bits per heavy atom. The number of hydrogen-bond acceptors (Lipinski definition) is 5. The predicted octanol–water partition coefficient (Wildman–Crippen LogP) is 0.813. The summed E-state index contributed by atoms with van der Waals surface area (Å²) in [6.07, 6.45) is 6.82. The normalized spacial score (nSPS) is 30.8. The first-order chi connectivity index (χ1) is 10.5. The largest absolute Gasteiger partial charge is 0.389 e. The van der Waals surface area contributed by atoms with Crippen LogP contribution >= 0.6 is 0 Å². The molecule has 2 saturated carbocycles. The molecule has 3 rings (SSSR count). The lowest BCUT2D eigenvalue weighted by molar-refractivity contribution is -0.389. The van der Waals surface area contributed by atoms with E-state index in [4.69, 9.17) is 5.73 Å². The van der Waals surface area contributed by atoms with Gasteiger partial charge >= 0.3 is 5.82 Å². The number of fused-ring (bicyclic) bond motifs is 2. The number of nitrogens with one attached hydrogen (secondary N) is 1. The van der Waals surface area contributed by atoms with Gasteiger partial charge in [-0.25, -0.2) is 0 Å². The van der Waals surface area contributed by atoms with E-state index in [-0.39, 0.29) is 30.4 Å². The number of carbonyl (C=O) groups excluding carboxylic acids is 1. The van der Waals surface area contributed by atoms with E-state index in [0.717, 1.165) is 25.7 Å². The fourth-order valence-corrected chi connectivity index (χ4v) is 3.94. The second-order valence-electron chi connectivity index (χ2n) is 6.40. The SMILES string of the molecule is NC1CC2CCCC(C1)C2NC(=O)Cn1ccc([N+](=O)[O-])n1. The van der Waals surface area contributed by atoms with Crippen LogP contribution in [-0.2, 0) is 11.3 Å². The summed E-state index contributed by atoms with van der Waals surface area (Å²) < 4.78 is 1.30. The van der Waals surface area contributed by atoms with Gasteiger partial charge in [0, 0.05) is 12.1 Å². The molecule has 2 aliphatic rings. The Balaban J connectivity index is 1.60. The van der Waals surface area contributed by atoms with Gasteiger partial charge < -0.3 is 21.2 Å². The van der Waals surface area contributed by atoms with Crippen molar-refractivity contribution < 1.29 is 9.72 Å². The molecule has 8 heteroatoms. The minimum atomic E-state index is -0.568. The topological polar surface area (TPSA) is 116 Å². The van der Waals surface area contributed by atoms with E-state index in [2.05, 4.69) is 10.4 Å². The number of amides is 1. The molecule has 0 saturated heterocycles. The third-order valence-electron chi connectivity index (χ3n) is 4.82. The zero-order valence-electron chi connectivity index (χ0n) is 12.4. The predicted molar refractivity (Wildman–Crippen MR) is 78.9 cm³/mol. The molecule has 2 bridgehead atoms. The van der Waals surface area contributed by atoms with Crippen LogP contribution in [0.2, 0.25) is 0 Å². The summed E-state index contributed by atoms with van der Waals surface area (Å²) in [5.41, 5.74) is 6.08. The van der Waals surface area contributed by atoms with Gasteiger partial charge in [-0.05, 0) is 42.4 Å². The number of carbonyl (C=O) groups is 1. The second kappa shape index (κ2) is 6.04. The van der Waals surface area contributed by atoms with Gasteiger partial charge in [0.2, 0.25) is 5.91 Å². The molecule has 2 fully saturated rings. The van der Waals surface area contributed by atoms with Crippen LogP contribution in [0.4, 0.5) is 5.82 Å². The number of nitrogens with two attached hydrogens (primary N) is 1. The van der Waals surface area contributed by atoms with Crippen molar-refractivity contribution in [3.8, 4) is 0 Å². The quantitative estimate of drug-likeness (QED) is 0.631. The molecule has 120 valence electrons. The summed E-state index contributed by atoms with van der Waals surface area (Å²) >= 11 is 0. The monoisotopic (exact) mass is 307 g/mol. The van der Waals surface area contributed by atoms with Crippen molar-refractivity contribution >= 4 is 11.7 Å². The van der Waals surface area contributed by atoms with Crippen molar-refractivity contribution in [2.24, 2.45) is 17.6 Å². The number of rotatable bonds is 4. The maximum absolute atomic E-state index is 12.2. The zero-order valence-corrected chi connectivity index (χ0v) is 12.4. The van der Waals surface area contributed by atoms with Crippen molar-refractivity contribution in [3.05, 3.63) is 22.4 Å². The van der Waals surface area contributed by atoms with Gasteiger partial charge in [-0.3, -0.25) is 4.79 Å². The average molecular weight is 307 g/mol. The van der Waals surface area contributed by atoms with Crippen LogP contribution in [0, 0.1) is 22.0 Å². The Bertz CT molecular complexity index is 559. The van der Waals surface area contributed by atoms with Crippen molar-refractivity contribution in [3.63, 3.8) is 0 Å². The molecule has 2 unspecified atom stereocenters. The van der Waals surface area contributed by atoms with E-state index in [0.29, 0.717) is 11.8 Å². The molecule has 8 nitrogen and oxygen atoms in total. The van der Waals surface area contributed by atoms with Gasteiger partial charge in [-0.1, -0.05) is 6.42 Å². The van der Waals surface area contributed by atoms with E-state index in [1.807, 2.05) is 0 Å². The standard InChI is InChI=1S/C14H21N5O3/c15-11-6-9-2-1-3-10(7-11)14(9)16-13(20)8-18-5-4-12(17-18)19(21)22/h4-5,9-11,14H,1-3,6-8,15H2,(H,16,20). The molecule has 0 spiro atoms. The van der Waals surface area contributed by atoms with Crippen LogP contribution in [-0.4, -0.2) is 32.7 Å². The molecule has 22 heavy (non-hydrogen) atoms. The van der Waals surface area contributed by atoms with Crippen molar-refractivity contribution in [1.29, 1.82) is 0 Å². The molecule has 1 amide bonds. The molecule has 2 atom stereocenters. The molecule has 3 N–H and O–H groups in total. The van der Waals surface area contributed by atoms with Gasteiger partial charge in [0.15, 0.2) is 0 Å². The highest BCUT2D eigenvalue weighted by Crippen LogP contribution is 2.39. The Morgan fingerprint density at radius 2 is 2.14 bits per heavy atom. The number of hydrogen-bond donors (Lipinski definition) is 2. The highest BCUT2D eigenvalue weighted by Gasteiger charge is 2.39. The first kappa shape index (κ1) is 15.0. The first-order valence-electron chi connectivity index (χ1n) is 7.75. The highest BCUT2D eigenvalue weighted by molar-refractivity contribution is 5.76. The lowest BCUT2D eigenvalue weighted by Crippen LogP contribution is -2.54. The Morgan fingerprint density at radius 1 is 1.45 bits per heavy atom. The summed E-state index contributed by atoms with van der Waals surface area (Å²) in [6, 6.07) is 1.73. The minimum absolute atomic E-state index is 0.00976. The van der Waals surface area contributed by atoms with E-state index >= 15 is 0 Å². The van der Waals surface area contributed by atoms with Crippen molar-refractivity contribution in [1.82, 2.24) is 15.1 Å². The Labute approximate surface area is 128 Å². The van der Waals surface area contributed by atoms with Crippen LogP contribution < -0.4 is 11.1 Å². The van der Waals surface area contributed by atoms with Crippen molar-refractivity contribution in [2.75, 3.05) is 0 Å². The van der Waals surface area contributed by atoms with Crippen LogP contribution in [0.15, 0.2) is 12.3 Å². The van der Waals surface area contributed by atoms with Crippen LogP contribution in [0.25, 0.3) is 0 Å². The molecule has 1 heterocycles. The maximum atomic E-state index is 12.2. The lowest BCUT2D eigenvalue weighted by atomic mass is 9.67. The molecule has 2 aliphatic carbocycles. The zero-order chi connectivity index (χ0) is 15.7. The van der Waals surface area contributed by atoms with Crippen LogP contribution in [0.1, 0.15) is 32.1 Å². The van der Waals surface area contributed by atoms with Crippen LogP contribution in [0.3, 0.4) is 0 Å². The number of aromatic nitrogens is 2. The summed E-state index contributed by atoms with van der Waals surface area (Å²) in [6.45, 7) is 0.00976. The van der Waals surface area contributed by atoms with E-state index in [9.17, 15) is 14.9 Å². The molecule has 0 radical (unpaired) electrons. The maximum Gasteiger partial charge on any atom is 0.389 e. The smallest absolute Gasteiger partial charge is 0.358 e. The molecular weight excluding hydrogens is 286 g/mol. The third kappa shape index (κ3) is 3.11. The van der Waals surface area contributed by atoms with E-state index in [1.54, 1.807) is 0 Å². The third-order valence-corrected chi connectivity index (χ3v) is 4.82. The molecule has 0 aromatic carbocycles.